The molecule has 2 aromatic rings. The minimum Gasteiger partial charge on any atom is -0.449 e. The third kappa shape index (κ3) is 5.42. The Hall–Kier alpha value is -2.67. The van der Waals surface area contributed by atoms with E-state index in [0.717, 1.165) is 0 Å². The van der Waals surface area contributed by atoms with Gasteiger partial charge in [-0.15, -0.1) is 11.3 Å². The summed E-state index contributed by atoms with van der Waals surface area (Å²) in [5.41, 5.74) is 0.752. The van der Waals surface area contributed by atoms with Gasteiger partial charge in [0.25, 0.3) is 11.8 Å². The fourth-order valence-corrected chi connectivity index (χ4v) is 3.54. The number of benzene rings is 1. The number of ether oxygens (including phenoxy) is 1. The molecule has 28 heavy (non-hydrogen) atoms. The molecule has 1 aromatic heterocycles. The zero-order valence-corrected chi connectivity index (χ0v) is 17.6. The second kappa shape index (κ2) is 9.50. The molecule has 1 atom stereocenters. The van der Waals surface area contributed by atoms with Crippen LogP contribution in [0.4, 0.5) is 5.69 Å². The summed E-state index contributed by atoms with van der Waals surface area (Å²) < 4.78 is 5.37. The number of rotatable bonds is 7. The standard InChI is InChI=1S/C21H26N2O4S/c1-13(2)23(14(3)4)20(25)15(5)27-21(26)16-8-6-9-17(12-16)22-19(24)18-10-7-11-28-18/h6-15H,1-5H3,(H,22,24)/t15-/m1/s1. The Labute approximate surface area is 169 Å². The lowest BCUT2D eigenvalue weighted by molar-refractivity contribution is -0.143. The van der Waals surface area contributed by atoms with Gasteiger partial charge in [-0.3, -0.25) is 9.59 Å². The van der Waals surface area contributed by atoms with Crippen LogP contribution in [0.3, 0.4) is 0 Å². The van der Waals surface area contributed by atoms with Crippen LogP contribution in [0.15, 0.2) is 41.8 Å². The monoisotopic (exact) mass is 402 g/mol. The van der Waals surface area contributed by atoms with Gasteiger partial charge in [-0.25, -0.2) is 4.79 Å². The van der Waals surface area contributed by atoms with E-state index < -0.39 is 12.1 Å². The van der Waals surface area contributed by atoms with Gasteiger partial charge in [0.15, 0.2) is 6.10 Å². The van der Waals surface area contributed by atoms with Gasteiger partial charge in [0.1, 0.15) is 0 Å². The van der Waals surface area contributed by atoms with E-state index in [9.17, 15) is 14.4 Å². The molecule has 0 saturated carbocycles. The molecule has 0 unspecified atom stereocenters. The largest absolute Gasteiger partial charge is 0.449 e. The molecule has 2 amide bonds. The van der Waals surface area contributed by atoms with Crippen LogP contribution in [0.5, 0.6) is 0 Å². The third-order valence-electron chi connectivity index (χ3n) is 4.10. The van der Waals surface area contributed by atoms with Crippen molar-refractivity contribution in [2.45, 2.75) is 52.8 Å². The highest BCUT2D eigenvalue weighted by atomic mass is 32.1. The van der Waals surface area contributed by atoms with E-state index in [1.54, 1.807) is 42.2 Å². The van der Waals surface area contributed by atoms with Crippen molar-refractivity contribution in [2.75, 3.05) is 5.32 Å². The zero-order valence-electron chi connectivity index (χ0n) is 16.8. The van der Waals surface area contributed by atoms with Crippen molar-refractivity contribution in [3.63, 3.8) is 0 Å². The van der Waals surface area contributed by atoms with Gasteiger partial charge >= 0.3 is 5.97 Å². The van der Waals surface area contributed by atoms with Crippen molar-refractivity contribution < 1.29 is 19.1 Å². The molecule has 150 valence electrons. The highest BCUT2D eigenvalue weighted by Gasteiger charge is 2.28. The molecule has 0 aliphatic carbocycles. The Morgan fingerprint density at radius 2 is 1.68 bits per heavy atom. The first-order valence-electron chi connectivity index (χ1n) is 9.18. The van der Waals surface area contributed by atoms with Crippen molar-refractivity contribution in [3.05, 3.63) is 52.2 Å². The second-order valence-corrected chi connectivity index (χ2v) is 7.94. The van der Waals surface area contributed by atoms with E-state index in [1.807, 2.05) is 33.1 Å². The Balaban J connectivity index is 2.06. The van der Waals surface area contributed by atoms with Gasteiger partial charge in [-0.2, -0.15) is 0 Å². The maximum atomic E-state index is 12.6. The molecule has 6 nitrogen and oxygen atoms in total. The number of hydrogen-bond acceptors (Lipinski definition) is 5. The molecule has 7 heteroatoms. The van der Waals surface area contributed by atoms with Gasteiger partial charge in [0.05, 0.1) is 10.4 Å². The van der Waals surface area contributed by atoms with E-state index in [-0.39, 0.29) is 29.5 Å². The maximum absolute atomic E-state index is 12.6. The normalized spacial score (nSPS) is 12.0. The van der Waals surface area contributed by atoms with Gasteiger partial charge in [-0.05, 0) is 64.3 Å². The van der Waals surface area contributed by atoms with Gasteiger partial charge in [0.2, 0.25) is 0 Å². The summed E-state index contributed by atoms with van der Waals surface area (Å²) in [6, 6.07) is 9.99. The fourth-order valence-electron chi connectivity index (χ4n) is 2.92. The first kappa shape index (κ1) is 21.6. The quantitative estimate of drug-likeness (QED) is 0.705. The number of hydrogen-bond donors (Lipinski definition) is 1. The molecule has 0 bridgehead atoms. The van der Waals surface area contributed by atoms with Crippen LogP contribution in [0, 0.1) is 0 Å². The number of amides is 2. The molecule has 0 saturated heterocycles. The van der Waals surface area contributed by atoms with Crippen LogP contribution in [0.2, 0.25) is 0 Å². The molecule has 0 radical (unpaired) electrons. The van der Waals surface area contributed by atoms with Crippen LogP contribution in [0.25, 0.3) is 0 Å². The first-order chi connectivity index (χ1) is 13.2. The molecule has 1 N–H and O–H groups in total. The molecule has 0 spiro atoms. The number of esters is 1. The molecule has 0 fully saturated rings. The van der Waals surface area contributed by atoms with E-state index in [4.69, 9.17) is 4.74 Å². The van der Waals surface area contributed by atoms with Crippen molar-refractivity contribution in [1.29, 1.82) is 0 Å². The lowest BCUT2D eigenvalue weighted by Crippen LogP contribution is -2.47. The Bertz CT molecular complexity index is 823. The van der Waals surface area contributed by atoms with Crippen LogP contribution in [0.1, 0.15) is 54.6 Å². The summed E-state index contributed by atoms with van der Waals surface area (Å²) >= 11 is 1.33. The lowest BCUT2D eigenvalue weighted by Gasteiger charge is -2.32. The van der Waals surface area contributed by atoms with E-state index in [0.29, 0.717) is 10.6 Å². The predicted octanol–water partition coefficient (Wildman–Crippen LogP) is 4.19. The molecule has 0 aliphatic rings. The summed E-state index contributed by atoms with van der Waals surface area (Å²) in [7, 11) is 0. The number of thiophene rings is 1. The molecule has 0 aliphatic heterocycles. The summed E-state index contributed by atoms with van der Waals surface area (Å²) in [6.07, 6.45) is -0.901. The fraction of sp³-hybridized carbons (Fsp3) is 0.381. The molecular weight excluding hydrogens is 376 g/mol. The zero-order chi connectivity index (χ0) is 20.8. The predicted molar refractivity (Wildman–Crippen MR) is 111 cm³/mol. The number of nitrogens with one attached hydrogen (secondary N) is 1. The molecule has 2 rings (SSSR count). The van der Waals surface area contributed by atoms with E-state index >= 15 is 0 Å². The van der Waals surface area contributed by atoms with Crippen LogP contribution in [-0.2, 0) is 9.53 Å². The average Bonchev–Trinajstić information content (AvgIpc) is 3.16. The highest BCUT2D eigenvalue weighted by Crippen LogP contribution is 2.17. The minimum absolute atomic E-state index is 0.00411. The van der Waals surface area contributed by atoms with Crippen molar-refractivity contribution in [2.24, 2.45) is 0 Å². The van der Waals surface area contributed by atoms with Gasteiger partial charge < -0.3 is 15.0 Å². The topological polar surface area (TPSA) is 75.7 Å². The SMILES string of the molecule is CC(C)N(C(=O)[C@@H](C)OC(=O)c1cccc(NC(=O)c2cccs2)c1)C(C)C. The molecule has 1 heterocycles. The Morgan fingerprint density at radius 1 is 1.00 bits per heavy atom. The number of anilines is 1. The van der Waals surface area contributed by atoms with E-state index in [1.165, 1.54) is 17.4 Å². The van der Waals surface area contributed by atoms with E-state index in [2.05, 4.69) is 5.32 Å². The van der Waals surface area contributed by atoms with Gasteiger partial charge in [0, 0.05) is 17.8 Å². The maximum Gasteiger partial charge on any atom is 0.338 e. The van der Waals surface area contributed by atoms with Crippen LogP contribution < -0.4 is 5.32 Å². The highest BCUT2D eigenvalue weighted by molar-refractivity contribution is 7.12. The van der Waals surface area contributed by atoms with Crippen molar-refractivity contribution in [3.8, 4) is 0 Å². The lowest BCUT2D eigenvalue weighted by atomic mass is 10.2. The minimum atomic E-state index is -0.901. The van der Waals surface area contributed by atoms with Crippen molar-refractivity contribution in [1.82, 2.24) is 4.90 Å². The number of nitrogens with zero attached hydrogens (tertiary/aromatic N) is 1. The second-order valence-electron chi connectivity index (χ2n) is 6.99. The number of carbonyl (C=O) groups is 3. The Kier molecular flexibility index (Phi) is 7.34. The number of carbonyl (C=O) groups excluding carboxylic acids is 3. The summed E-state index contributed by atoms with van der Waals surface area (Å²) in [5.74, 6) is -1.09. The summed E-state index contributed by atoms with van der Waals surface area (Å²) in [4.78, 5) is 39.5. The average molecular weight is 403 g/mol. The summed E-state index contributed by atoms with van der Waals surface area (Å²) in [5, 5.41) is 4.57. The van der Waals surface area contributed by atoms with Crippen LogP contribution >= 0.6 is 11.3 Å². The smallest absolute Gasteiger partial charge is 0.338 e. The van der Waals surface area contributed by atoms with Gasteiger partial charge in [-0.1, -0.05) is 12.1 Å². The Morgan fingerprint density at radius 3 is 2.25 bits per heavy atom. The molecular formula is C21H26N2O4S. The van der Waals surface area contributed by atoms with Crippen LogP contribution in [-0.4, -0.2) is 40.9 Å². The molecule has 1 aromatic carbocycles. The first-order valence-corrected chi connectivity index (χ1v) is 10.1. The third-order valence-corrected chi connectivity index (χ3v) is 4.97. The summed E-state index contributed by atoms with van der Waals surface area (Å²) in [6.45, 7) is 9.26. The van der Waals surface area contributed by atoms with Crippen molar-refractivity contribution >= 4 is 34.8 Å².